The van der Waals surface area contributed by atoms with Crippen molar-refractivity contribution < 1.29 is 0 Å². The van der Waals surface area contributed by atoms with Gasteiger partial charge in [-0.05, 0) is 19.9 Å². The molecule has 0 spiro atoms. The molecule has 0 saturated carbocycles. The Hall–Kier alpha value is -1.89. The highest BCUT2D eigenvalue weighted by Crippen LogP contribution is 2.11. The predicted octanol–water partition coefficient (Wildman–Crippen LogP) is 1.44. The Morgan fingerprint density at radius 3 is 2.90 bits per heavy atom. The Labute approximate surface area is 123 Å². The topological polar surface area (TPSA) is 67.1 Å². The average molecular weight is 292 g/mol. The molecule has 2 N–H and O–H groups in total. The predicted molar refractivity (Wildman–Crippen MR) is 81.7 cm³/mol. The smallest absolute Gasteiger partial charge is 0.191 e. The Morgan fingerprint density at radius 2 is 2.30 bits per heavy atom. The molecule has 2 rings (SSSR count). The monoisotopic (exact) mass is 292 g/mol. The molecule has 2 aromatic rings. The fourth-order valence-corrected chi connectivity index (χ4v) is 2.43. The van der Waals surface area contributed by atoms with Gasteiger partial charge in [-0.3, -0.25) is 4.68 Å². The molecular weight excluding hydrogens is 272 g/mol. The maximum atomic E-state index is 4.56. The molecule has 2 aromatic heterocycles. The van der Waals surface area contributed by atoms with Gasteiger partial charge in [0.1, 0.15) is 0 Å². The van der Waals surface area contributed by atoms with Crippen LogP contribution in [0.1, 0.15) is 23.2 Å². The van der Waals surface area contributed by atoms with Crippen molar-refractivity contribution in [1.29, 1.82) is 0 Å². The Balaban J connectivity index is 1.96. The molecule has 20 heavy (non-hydrogen) atoms. The summed E-state index contributed by atoms with van der Waals surface area (Å²) in [7, 11) is 1.92. The SMILES string of the molecule is CCNC(=NCc1ccnn1C)NCc1scnc1C. The van der Waals surface area contributed by atoms with E-state index in [-0.39, 0.29) is 0 Å². The lowest BCUT2D eigenvalue weighted by molar-refractivity contribution is 0.707. The molecule has 6 nitrogen and oxygen atoms in total. The zero-order valence-corrected chi connectivity index (χ0v) is 12.9. The number of rotatable bonds is 5. The number of hydrogen-bond acceptors (Lipinski definition) is 4. The molecule has 0 radical (unpaired) electrons. The van der Waals surface area contributed by atoms with Crippen LogP contribution in [0.3, 0.4) is 0 Å². The molecule has 0 aromatic carbocycles. The van der Waals surface area contributed by atoms with E-state index in [4.69, 9.17) is 0 Å². The molecule has 0 aliphatic rings. The van der Waals surface area contributed by atoms with Crippen molar-refractivity contribution in [2.75, 3.05) is 6.54 Å². The van der Waals surface area contributed by atoms with Gasteiger partial charge in [-0.15, -0.1) is 11.3 Å². The first-order chi connectivity index (χ1) is 9.70. The van der Waals surface area contributed by atoms with E-state index in [0.29, 0.717) is 6.54 Å². The molecule has 0 bridgehead atoms. The summed E-state index contributed by atoms with van der Waals surface area (Å²) in [6.45, 7) is 6.26. The molecule has 0 fully saturated rings. The second kappa shape index (κ2) is 7.04. The summed E-state index contributed by atoms with van der Waals surface area (Å²) in [6, 6.07) is 1.97. The first-order valence-corrected chi connectivity index (χ1v) is 7.46. The van der Waals surface area contributed by atoms with Crippen LogP contribution in [0.4, 0.5) is 0 Å². The third-order valence-electron chi connectivity index (χ3n) is 2.93. The third-order valence-corrected chi connectivity index (χ3v) is 3.86. The van der Waals surface area contributed by atoms with Gasteiger partial charge in [0.25, 0.3) is 0 Å². The number of aryl methyl sites for hydroxylation is 2. The van der Waals surface area contributed by atoms with Crippen LogP contribution in [-0.4, -0.2) is 27.3 Å². The molecule has 0 amide bonds. The average Bonchev–Trinajstić information content (AvgIpc) is 3.02. The lowest BCUT2D eigenvalue weighted by atomic mass is 10.4. The summed E-state index contributed by atoms with van der Waals surface area (Å²) in [5.41, 5.74) is 4.02. The van der Waals surface area contributed by atoms with E-state index < -0.39 is 0 Å². The van der Waals surface area contributed by atoms with Gasteiger partial charge in [0.2, 0.25) is 0 Å². The van der Waals surface area contributed by atoms with Gasteiger partial charge < -0.3 is 10.6 Å². The minimum Gasteiger partial charge on any atom is -0.357 e. The molecule has 0 unspecified atom stereocenters. The van der Waals surface area contributed by atoms with Crippen molar-refractivity contribution in [1.82, 2.24) is 25.4 Å². The largest absolute Gasteiger partial charge is 0.357 e. The number of aliphatic imine (C=N–C) groups is 1. The van der Waals surface area contributed by atoms with Crippen molar-refractivity contribution >= 4 is 17.3 Å². The summed E-state index contributed by atoms with van der Waals surface area (Å²) in [6.07, 6.45) is 1.78. The van der Waals surface area contributed by atoms with Crippen molar-refractivity contribution in [3.63, 3.8) is 0 Å². The van der Waals surface area contributed by atoms with Gasteiger partial charge in [-0.25, -0.2) is 9.98 Å². The Bertz CT molecular complexity index is 571. The summed E-state index contributed by atoms with van der Waals surface area (Å²) in [5.74, 6) is 0.807. The van der Waals surface area contributed by atoms with E-state index in [0.717, 1.165) is 30.4 Å². The van der Waals surface area contributed by atoms with Crippen LogP contribution in [0.25, 0.3) is 0 Å². The van der Waals surface area contributed by atoms with Crippen molar-refractivity contribution in [3.05, 3.63) is 34.0 Å². The summed E-state index contributed by atoms with van der Waals surface area (Å²) in [5, 5.41) is 10.7. The number of thiazole rings is 1. The zero-order valence-electron chi connectivity index (χ0n) is 12.1. The lowest BCUT2D eigenvalue weighted by Crippen LogP contribution is -2.36. The fourth-order valence-electron chi connectivity index (χ4n) is 1.72. The van der Waals surface area contributed by atoms with Gasteiger partial charge in [0.05, 0.1) is 30.0 Å². The van der Waals surface area contributed by atoms with Gasteiger partial charge in [-0.2, -0.15) is 5.10 Å². The van der Waals surface area contributed by atoms with E-state index in [2.05, 4.69) is 32.6 Å². The van der Waals surface area contributed by atoms with Crippen LogP contribution in [0.5, 0.6) is 0 Å². The van der Waals surface area contributed by atoms with Crippen LogP contribution in [0, 0.1) is 6.92 Å². The van der Waals surface area contributed by atoms with Crippen molar-refractivity contribution in [3.8, 4) is 0 Å². The van der Waals surface area contributed by atoms with E-state index in [9.17, 15) is 0 Å². The van der Waals surface area contributed by atoms with Gasteiger partial charge in [0, 0.05) is 24.7 Å². The second-order valence-corrected chi connectivity index (χ2v) is 5.30. The van der Waals surface area contributed by atoms with Crippen molar-refractivity contribution in [2.45, 2.75) is 26.9 Å². The van der Waals surface area contributed by atoms with Crippen LogP contribution in [-0.2, 0) is 20.1 Å². The quantitative estimate of drug-likeness (QED) is 0.646. The number of hydrogen-bond donors (Lipinski definition) is 2. The minimum absolute atomic E-state index is 0.605. The number of nitrogens with one attached hydrogen (secondary N) is 2. The van der Waals surface area contributed by atoms with Crippen LogP contribution in [0.15, 0.2) is 22.8 Å². The number of guanidine groups is 1. The van der Waals surface area contributed by atoms with Crippen molar-refractivity contribution in [2.24, 2.45) is 12.0 Å². The van der Waals surface area contributed by atoms with Crippen LogP contribution >= 0.6 is 11.3 Å². The minimum atomic E-state index is 0.605. The fraction of sp³-hybridized carbons (Fsp3) is 0.462. The van der Waals surface area contributed by atoms with Gasteiger partial charge in [0.15, 0.2) is 5.96 Å². The molecule has 0 atom stereocenters. The second-order valence-electron chi connectivity index (χ2n) is 4.36. The Kier molecular flexibility index (Phi) is 5.11. The summed E-state index contributed by atoms with van der Waals surface area (Å²) in [4.78, 5) is 10.0. The Morgan fingerprint density at radius 1 is 1.45 bits per heavy atom. The molecule has 0 aliphatic heterocycles. The van der Waals surface area contributed by atoms with E-state index in [1.54, 1.807) is 17.5 Å². The van der Waals surface area contributed by atoms with Gasteiger partial charge >= 0.3 is 0 Å². The summed E-state index contributed by atoms with van der Waals surface area (Å²) < 4.78 is 1.83. The van der Waals surface area contributed by atoms with Gasteiger partial charge in [-0.1, -0.05) is 0 Å². The maximum Gasteiger partial charge on any atom is 0.191 e. The first-order valence-electron chi connectivity index (χ1n) is 6.58. The normalized spacial score (nSPS) is 11.7. The molecular formula is C13H20N6S. The molecule has 0 saturated heterocycles. The number of aromatic nitrogens is 3. The lowest BCUT2D eigenvalue weighted by Gasteiger charge is -2.10. The number of nitrogens with zero attached hydrogens (tertiary/aromatic N) is 4. The van der Waals surface area contributed by atoms with E-state index >= 15 is 0 Å². The first kappa shape index (κ1) is 14.5. The van der Waals surface area contributed by atoms with Crippen LogP contribution in [0.2, 0.25) is 0 Å². The van der Waals surface area contributed by atoms with E-state index in [1.165, 1.54) is 4.88 Å². The third kappa shape index (κ3) is 3.80. The molecule has 0 aliphatic carbocycles. The molecule has 2 heterocycles. The highest BCUT2D eigenvalue weighted by Gasteiger charge is 2.04. The highest BCUT2D eigenvalue weighted by molar-refractivity contribution is 7.09. The van der Waals surface area contributed by atoms with E-state index in [1.807, 2.05) is 30.2 Å². The highest BCUT2D eigenvalue weighted by atomic mass is 32.1. The standard InChI is InChI=1S/C13H20N6S/c1-4-14-13(15-7-11-5-6-18-19(11)3)16-8-12-10(2)17-9-20-12/h5-6,9H,4,7-8H2,1-3H3,(H2,14,15,16). The molecule has 7 heteroatoms. The summed E-state index contributed by atoms with van der Waals surface area (Å²) >= 11 is 1.66. The zero-order chi connectivity index (χ0) is 14.4. The maximum absolute atomic E-state index is 4.56. The van der Waals surface area contributed by atoms with Crippen LogP contribution < -0.4 is 10.6 Å². The molecule has 108 valence electrons.